The van der Waals surface area contributed by atoms with Gasteiger partial charge in [-0.05, 0) is 39.3 Å². The fraction of sp³-hybridized carbons (Fsp3) is 0.471. The van der Waals surface area contributed by atoms with Gasteiger partial charge in [-0.1, -0.05) is 29.8 Å². The Morgan fingerprint density at radius 2 is 2.00 bits per heavy atom. The largest absolute Gasteiger partial charge is 0.493 e. The summed E-state index contributed by atoms with van der Waals surface area (Å²) < 4.78 is 7.46. The SMILES string of the molecule is CCn1ncc(OC)c1C(CCc1ccc(C)cc1)NC. The quantitative estimate of drug-likeness (QED) is 0.850. The highest BCUT2D eigenvalue weighted by Crippen LogP contribution is 2.28. The minimum Gasteiger partial charge on any atom is -0.493 e. The Morgan fingerprint density at radius 3 is 2.57 bits per heavy atom. The number of aromatic nitrogens is 2. The second kappa shape index (κ2) is 7.27. The summed E-state index contributed by atoms with van der Waals surface area (Å²) in [5.74, 6) is 0.861. The summed E-state index contributed by atoms with van der Waals surface area (Å²) in [5.41, 5.74) is 3.80. The molecule has 21 heavy (non-hydrogen) atoms. The molecule has 1 atom stereocenters. The minimum atomic E-state index is 0.240. The Bertz CT molecular complexity index is 538. The van der Waals surface area contributed by atoms with Crippen LogP contribution in [-0.2, 0) is 13.0 Å². The summed E-state index contributed by atoms with van der Waals surface area (Å²) >= 11 is 0. The Hall–Kier alpha value is -1.81. The Morgan fingerprint density at radius 1 is 1.29 bits per heavy atom. The highest BCUT2D eigenvalue weighted by molar-refractivity contribution is 5.29. The number of aryl methyl sites for hydroxylation is 3. The van der Waals surface area contributed by atoms with E-state index in [1.54, 1.807) is 13.3 Å². The van der Waals surface area contributed by atoms with E-state index in [1.807, 2.05) is 11.7 Å². The van der Waals surface area contributed by atoms with E-state index in [1.165, 1.54) is 11.1 Å². The van der Waals surface area contributed by atoms with E-state index in [9.17, 15) is 0 Å². The van der Waals surface area contributed by atoms with Crippen LogP contribution < -0.4 is 10.1 Å². The van der Waals surface area contributed by atoms with Crippen LogP contribution in [0.25, 0.3) is 0 Å². The second-order valence-corrected chi connectivity index (χ2v) is 5.28. The molecule has 4 nitrogen and oxygen atoms in total. The van der Waals surface area contributed by atoms with Crippen molar-refractivity contribution in [3.63, 3.8) is 0 Å². The van der Waals surface area contributed by atoms with Gasteiger partial charge in [0.15, 0.2) is 5.75 Å². The van der Waals surface area contributed by atoms with Gasteiger partial charge in [-0.2, -0.15) is 5.10 Å². The molecule has 1 heterocycles. The van der Waals surface area contributed by atoms with Gasteiger partial charge in [-0.3, -0.25) is 4.68 Å². The zero-order chi connectivity index (χ0) is 15.2. The fourth-order valence-electron chi connectivity index (χ4n) is 2.62. The average molecular weight is 287 g/mol. The molecule has 1 N–H and O–H groups in total. The predicted octanol–water partition coefficient (Wildman–Crippen LogP) is 3.11. The van der Waals surface area contributed by atoms with Gasteiger partial charge in [0.25, 0.3) is 0 Å². The molecule has 4 heteroatoms. The lowest BCUT2D eigenvalue weighted by Crippen LogP contribution is -2.21. The Labute approximate surface area is 127 Å². The molecule has 0 saturated carbocycles. The van der Waals surface area contributed by atoms with Gasteiger partial charge >= 0.3 is 0 Å². The van der Waals surface area contributed by atoms with Crippen molar-refractivity contribution in [1.29, 1.82) is 0 Å². The van der Waals surface area contributed by atoms with Crippen molar-refractivity contribution in [2.45, 2.75) is 39.3 Å². The van der Waals surface area contributed by atoms with Crippen LogP contribution in [-0.4, -0.2) is 23.9 Å². The molecule has 114 valence electrons. The Balaban J connectivity index is 2.12. The van der Waals surface area contributed by atoms with Crippen LogP contribution in [0.4, 0.5) is 0 Å². The molecule has 0 aliphatic carbocycles. The third-order valence-corrected chi connectivity index (χ3v) is 3.89. The number of benzene rings is 1. The van der Waals surface area contributed by atoms with Crippen LogP contribution in [0.1, 0.15) is 36.2 Å². The van der Waals surface area contributed by atoms with Gasteiger partial charge in [-0.25, -0.2) is 0 Å². The molecule has 0 radical (unpaired) electrons. The number of ether oxygens (including phenoxy) is 1. The minimum absolute atomic E-state index is 0.240. The summed E-state index contributed by atoms with van der Waals surface area (Å²) in [4.78, 5) is 0. The Kier molecular flexibility index (Phi) is 5.39. The summed E-state index contributed by atoms with van der Waals surface area (Å²) in [7, 11) is 3.69. The van der Waals surface area contributed by atoms with Crippen LogP contribution in [0.15, 0.2) is 30.5 Å². The lowest BCUT2D eigenvalue weighted by molar-refractivity contribution is 0.391. The molecule has 0 aliphatic heterocycles. The highest BCUT2D eigenvalue weighted by Gasteiger charge is 2.19. The van der Waals surface area contributed by atoms with Crippen LogP contribution in [0.3, 0.4) is 0 Å². The van der Waals surface area contributed by atoms with Crippen molar-refractivity contribution < 1.29 is 4.74 Å². The molecule has 0 aliphatic rings. The molecule has 0 amide bonds. The number of hydrogen-bond donors (Lipinski definition) is 1. The molecule has 0 fully saturated rings. The van der Waals surface area contributed by atoms with Crippen LogP contribution in [0, 0.1) is 6.92 Å². The average Bonchev–Trinajstić information content (AvgIpc) is 2.93. The van der Waals surface area contributed by atoms with E-state index in [4.69, 9.17) is 4.74 Å². The van der Waals surface area contributed by atoms with Gasteiger partial charge in [0.05, 0.1) is 25.0 Å². The maximum atomic E-state index is 5.46. The number of rotatable bonds is 7. The van der Waals surface area contributed by atoms with Gasteiger partial charge in [0.2, 0.25) is 0 Å². The van der Waals surface area contributed by atoms with Crippen LogP contribution >= 0.6 is 0 Å². The van der Waals surface area contributed by atoms with Gasteiger partial charge < -0.3 is 10.1 Å². The molecule has 0 spiro atoms. The number of hydrogen-bond acceptors (Lipinski definition) is 3. The number of nitrogens with one attached hydrogen (secondary N) is 1. The molecule has 1 unspecified atom stereocenters. The molecule has 1 aromatic carbocycles. The molecule has 2 aromatic rings. The van der Waals surface area contributed by atoms with E-state index < -0.39 is 0 Å². The standard InChI is InChI=1S/C17H25N3O/c1-5-20-17(16(21-4)12-19-20)15(18-3)11-10-14-8-6-13(2)7-9-14/h6-9,12,15,18H,5,10-11H2,1-4H3. The first-order chi connectivity index (χ1) is 10.2. The maximum absolute atomic E-state index is 5.46. The van der Waals surface area contributed by atoms with Crippen molar-refractivity contribution in [1.82, 2.24) is 15.1 Å². The van der Waals surface area contributed by atoms with E-state index in [-0.39, 0.29) is 6.04 Å². The van der Waals surface area contributed by atoms with Gasteiger partial charge in [-0.15, -0.1) is 0 Å². The second-order valence-electron chi connectivity index (χ2n) is 5.28. The first-order valence-electron chi connectivity index (χ1n) is 7.52. The fourth-order valence-corrected chi connectivity index (χ4v) is 2.62. The van der Waals surface area contributed by atoms with E-state index >= 15 is 0 Å². The zero-order valence-electron chi connectivity index (χ0n) is 13.4. The summed E-state index contributed by atoms with van der Waals surface area (Å²) in [6.07, 6.45) is 3.85. The van der Waals surface area contributed by atoms with Crippen molar-refractivity contribution in [2.24, 2.45) is 0 Å². The first kappa shape index (κ1) is 15.6. The van der Waals surface area contributed by atoms with Crippen molar-refractivity contribution in [3.8, 4) is 5.75 Å². The van der Waals surface area contributed by atoms with E-state index in [0.717, 1.165) is 30.8 Å². The van der Waals surface area contributed by atoms with Crippen LogP contribution in [0.5, 0.6) is 5.75 Å². The monoisotopic (exact) mass is 287 g/mol. The van der Waals surface area contributed by atoms with E-state index in [0.29, 0.717) is 0 Å². The van der Waals surface area contributed by atoms with Gasteiger partial charge in [0, 0.05) is 6.54 Å². The van der Waals surface area contributed by atoms with Crippen LogP contribution in [0.2, 0.25) is 0 Å². The number of methoxy groups -OCH3 is 1. The lowest BCUT2D eigenvalue weighted by Gasteiger charge is -2.19. The summed E-state index contributed by atoms with van der Waals surface area (Å²) in [6, 6.07) is 8.98. The first-order valence-corrected chi connectivity index (χ1v) is 7.52. The molecule has 2 rings (SSSR count). The van der Waals surface area contributed by atoms with Gasteiger partial charge in [0.1, 0.15) is 0 Å². The molecular formula is C17H25N3O. The zero-order valence-corrected chi connectivity index (χ0v) is 13.4. The third kappa shape index (κ3) is 3.64. The summed E-state index contributed by atoms with van der Waals surface area (Å²) in [5, 5.41) is 7.79. The van der Waals surface area contributed by atoms with Crippen molar-refractivity contribution in [3.05, 3.63) is 47.3 Å². The molecule has 1 aromatic heterocycles. The summed E-state index contributed by atoms with van der Waals surface area (Å²) in [6.45, 7) is 5.06. The molecule has 0 bridgehead atoms. The van der Waals surface area contributed by atoms with Crippen molar-refractivity contribution in [2.75, 3.05) is 14.2 Å². The third-order valence-electron chi connectivity index (χ3n) is 3.89. The topological polar surface area (TPSA) is 39.1 Å². The highest BCUT2D eigenvalue weighted by atomic mass is 16.5. The van der Waals surface area contributed by atoms with E-state index in [2.05, 4.69) is 48.5 Å². The smallest absolute Gasteiger partial charge is 0.161 e. The van der Waals surface area contributed by atoms with Crippen molar-refractivity contribution >= 4 is 0 Å². The molecule has 0 saturated heterocycles. The normalized spacial score (nSPS) is 12.4. The lowest BCUT2D eigenvalue weighted by atomic mass is 10.0. The maximum Gasteiger partial charge on any atom is 0.161 e. The molecular weight excluding hydrogens is 262 g/mol. The number of nitrogens with zero attached hydrogens (tertiary/aromatic N) is 2. The predicted molar refractivity (Wildman–Crippen MR) is 85.8 cm³/mol.